The lowest BCUT2D eigenvalue weighted by Crippen LogP contribution is -2.41. The quantitative estimate of drug-likeness (QED) is 0.760. The fraction of sp³-hybridized carbons (Fsp3) is 0.385. The summed E-state index contributed by atoms with van der Waals surface area (Å²) in [5.41, 5.74) is 0.257. The highest BCUT2D eigenvalue weighted by molar-refractivity contribution is 9.10. The fourth-order valence-electron chi connectivity index (χ4n) is 2.14. The maximum atomic E-state index is 12.4. The van der Waals surface area contributed by atoms with Crippen LogP contribution >= 0.6 is 15.9 Å². The molecule has 0 spiro atoms. The number of amides is 1. The van der Waals surface area contributed by atoms with E-state index in [4.69, 9.17) is 6.42 Å². The Hall–Kier alpha value is -1.39. The van der Waals surface area contributed by atoms with Crippen molar-refractivity contribution in [2.24, 2.45) is 0 Å². The van der Waals surface area contributed by atoms with Gasteiger partial charge in [0.1, 0.15) is 5.69 Å². The zero-order chi connectivity index (χ0) is 14.8. The molecule has 1 aromatic rings. The van der Waals surface area contributed by atoms with Gasteiger partial charge in [0.15, 0.2) is 9.84 Å². The molecule has 0 aromatic carbocycles. The normalized spacial score (nSPS) is 20.3. The van der Waals surface area contributed by atoms with Gasteiger partial charge in [-0.25, -0.2) is 13.4 Å². The maximum absolute atomic E-state index is 12.4. The molecule has 1 aromatic heterocycles. The summed E-state index contributed by atoms with van der Waals surface area (Å²) in [5, 5.41) is 0. The van der Waals surface area contributed by atoms with Gasteiger partial charge in [-0.05, 0) is 34.5 Å². The van der Waals surface area contributed by atoms with E-state index in [0.29, 0.717) is 6.42 Å². The second-order valence-electron chi connectivity index (χ2n) is 4.56. The molecule has 0 aliphatic carbocycles. The molecule has 0 radical (unpaired) electrons. The summed E-state index contributed by atoms with van der Waals surface area (Å²) in [6, 6.07) is 2.92. The molecule has 5 nitrogen and oxygen atoms in total. The second-order valence-corrected chi connectivity index (χ2v) is 7.70. The molecular weight excluding hydrogens is 344 g/mol. The van der Waals surface area contributed by atoms with E-state index in [2.05, 4.69) is 26.8 Å². The standard InChI is InChI=1S/C13H13BrN2O3S/c1-2-6-16(11-5-7-20(18,19)9-11)13(17)12-4-3-10(14)8-15-12/h1,3-4,8,11H,5-7,9H2. The zero-order valence-electron chi connectivity index (χ0n) is 10.6. The van der Waals surface area contributed by atoms with Crippen LogP contribution in [-0.4, -0.2) is 48.3 Å². The van der Waals surface area contributed by atoms with Crippen LogP contribution in [0.4, 0.5) is 0 Å². The number of nitrogens with zero attached hydrogens (tertiary/aromatic N) is 2. The van der Waals surface area contributed by atoms with E-state index in [9.17, 15) is 13.2 Å². The summed E-state index contributed by atoms with van der Waals surface area (Å²) in [6.45, 7) is 0.0801. The predicted octanol–water partition coefficient (Wildman–Crippen LogP) is 1.11. The summed E-state index contributed by atoms with van der Waals surface area (Å²) in [6.07, 6.45) is 7.23. The Labute approximate surface area is 126 Å². The summed E-state index contributed by atoms with van der Waals surface area (Å²) in [7, 11) is -3.07. The van der Waals surface area contributed by atoms with E-state index in [1.807, 2.05) is 0 Å². The van der Waals surface area contributed by atoms with Crippen LogP contribution in [0.2, 0.25) is 0 Å². The van der Waals surface area contributed by atoms with Crippen molar-refractivity contribution in [3.05, 3.63) is 28.5 Å². The van der Waals surface area contributed by atoms with Gasteiger partial charge < -0.3 is 4.90 Å². The Morgan fingerprint density at radius 3 is 2.80 bits per heavy atom. The predicted molar refractivity (Wildman–Crippen MR) is 78.9 cm³/mol. The lowest BCUT2D eigenvalue weighted by Gasteiger charge is -2.25. The molecule has 0 saturated carbocycles. The third kappa shape index (κ3) is 3.38. The van der Waals surface area contributed by atoms with Crippen molar-refractivity contribution in [2.45, 2.75) is 12.5 Å². The van der Waals surface area contributed by atoms with E-state index in [1.165, 1.54) is 11.1 Å². The van der Waals surface area contributed by atoms with E-state index in [1.54, 1.807) is 12.1 Å². The number of aromatic nitrogens is 1. The number of hydrogen-bond acceptors (Lipinski definition) is 4. The first-order valence-electron chi connectivity index (χ1n) is 5.99. The largest absolute Gasteiger partial charge is 0.322 e. The molecule has 0 N–H and O–H groups in total. The van der Waals surface area contributed by atoms with Gasteiger partial charge in [0.2, 0.25) is 0 Å². The number of sulfone groups is 1. The van der Waals surface area contributed by atoms with E-state index >= 15 is 0 Å². The molecule has 20 heavy (non-hydrogen) atoms. The molecule has 1 aliphatic rings. The molecule has 0 bridgehead atoms. The topological polar surface area (TPSA) is 67.3 Å². The monoisotopic (exact) mass is 356 g/mol. The van der Waals surface area contributed by atoms with E-state index in [-0.39, 0.29) is 35.7 Å². The van der Waals surface area contributed by atoms with Crippen molar-refractivity contribution in [3.8, 4) is 12.3 Å². The first-order valence-corrected chi connectivity index (χ1v) is 8.61. The van der Waals surface area contributed by atoms with Crippen LogP contribution in [0, 0.1) is 12.3 Å². The van der Waals surface area contributed by atoms with Crippen LogP contribution in [0.5, 0.6) is 0 Å². The average Bonchev–Trinajstić information content (AvgIpc) is 2.76. The molecule has 1 aliphatic heterocycles. The minimum atomic E-state index is -3.07. The van der Waals surface area contributed by atoms with Crippen LogP contribution in [0.1, 0.15) is 16.9 Å². The highest BCUT2D eigenvalue weighted by atomic mass is 79.9. The van der Waals surface area contributed by atoms with Gasteiger partial charge in [0.25, 0.3) is 5.91 Å². The zero-order valence-corrected chi connectivity index (χ0v) is 13.0. The van der Waals surface area contributed by atoms with Crippen molar-refractivity contribution in [2.75, 3.05) is 18.1 Å². The lowest BCUT2D eigenvalue weighted by molar-refractivity contribution is 0.0718. The number of terminal acetylenes is 1. The molecule has 1 fully saturated rings. The van der Waals surface area contributed by atoms with Gasteiger partial charge in [0.05, 0.1) is 18.1 Å². The first-order chi connectivity index (χ1) is 9.43. The minimum Gasteiger partial charge on any atom is -0.322 e. The highest BCUT2D eigenvalue weighted by Gasteiger charge is 2.34. The van der Waals surface area contributed by atoms with Crippen molar-refractivity contribution in [3.63, 3.8) is 0 Å². The maximum Gasteiger partial charge on any atom is 0.273 e. The molecule has 1 atom stereocenters. The molecule has 1 saturated heterocycles. The number of pyridine rings is 1. The van der Waals surface area contributed by atoms with E-state index in [0.717, 1.165) is 4.47 Å². The van der Waals surface area contributed by atoms with Crippen LogP contribution in [0.3, 0.4) is 0 Å². The lowest BCUT2D eigenvalue weighted by atomic mass is 10.2. The van der Waals surface area contributed by atoms with Crippen LogP contribution in [-0.2, 0) is 9.84 Å². The number of rotatable bonds is 3. The summed E-state index contributed by atoms with van der Waals surface area (Å²) in [4.78, 5) is 17.9. The average molecular weight is 357 g/mol. The SMILES string of the molecule is C#CCN(C(=O)c1ccc(Br)cn1)C1CCS(=O)(=O)C1. The van der Waals surface area contributed by atoms with Crippen molar-refractivity contribution in [1.29, 1.82) is 0 Å². The Kier molecular flexibility index (Phi) is 4.45. The molecule has 106 valence electrons. The Morgan fingerprint density at radius 2 is 2.30 bits per heavy atom. The molecule has 2 rings (SSSR count). The van der Waals surface area contributed by atoms with Crippen LogP contribution < -0.4 is 0 Å². The number of halogens is 1. The molecular formula is C13H13BrN2O3S. The van der Waals surface area contributed by atoms with Gasteiger partial charge in [-0.15, -0.1) is 6.42 Å². The molecule has 1 unspecified atom stereocenters. The van der Waals surface area contributed by atoms with Gasteiger partial charge in [-0.1, -0.05) is 5.92 Å². The van der Waals surface area contributed by atoms with E-state index < -0.39 is 9.84 Å². The van der Waals surface area contributed by atoms with Gasteiger partial charge in [-0.2, -0.15) is 0 Å². The van der Waals surface area contributed by atoms with Gasteiger partial charge in [0, 0.05) is 16.7 Å². The Bertz CT molecular complexity index is 649. The third-order valence-electron chi connectivity index (χ3n) is 3.12. The van der Waals surface area contributed by atoms with Crippen LogP contribution in [0.25, 0.3) is 0 Å². The molecule has 1 amide bonds. The Morgan fingerprint density at radius 1 is 1.55 bits per heavy atom. The summed E-state index contributed by atoms with van der Waals surface area (Å²) < 4.78 is 23.8. The van der Waals surface area contributed by atoms with Gasteiger partial charge in [-0.3, -0.25) is 4.79 Å². The van der Waals surface area contributed by atoms with Crippen LogP contribution in [0.15, 0.2) is 22.8 Å². The smallest absolute Gasteiger partial charge is 0.273 e. The van der Waals surface area contributed by atoms with Crippen molar-refractivity contribution < 1.29 is 13.2 Å². The Balaban J connectivity index is 2.23. The second kappa shape index (κ2) is 5.94. The third-order valence-corrected chi connectivity index (χ3v) is 5.34. The number of carbonyl (C=O) groups is 1. The number of carbonyl (C=O) groups excluding carboxylic acids is 1. The molecule has 2 heterocycles. The summed E-state index contributed by atoms with van der Waals surface area (Å²) >= 11 is 3.24. The van der Waals surface area contributed by atoms with Crippen molar-refractivity contribution >= 4 is 31.7 Å². The summed E-state index contributed by atoms with van der Waals surface area (Å²) in [5.74, 6) is 2.14. The minimum absolute atomic E-state index is 0.0308. The first kappa shape index (κ1) is 15.0. The van der Waals surface area contributed by atoms with Gasteiger partial charge >= 0.3 is 0 Å². The highest BCUT2D eigenvalue weighted by Crippen LogP contribution is 2.19. The molecule has 7 heteroatoms. The van der Waals surface area contributed by atoms with Crippen molar-refractivity contribution in [1.82, 2.24) is 9.88 Å². The fourth-order valence-corrected chi connectivity index (χ4v) is 4.10. The number of hydrogen-bond donors (Lipinski definition) is 0.